The van der Waals surface area contributed by atoms with E-state index in [1.807, 2.05) is 26.0 Å². The van der Waals surface area contributed by atoms with Gasteiger partial charge in [0.2, 0.25) is 6.10 Å². The maximum absolute atomic E-state index is 11.1. The molecule has 1 aromatic rings. The van der Waals surface area contributed by atoms with Crippen LogP contribution in [0.25, 0.3) is 0 Å². The molecule has 0 saturated carbocycles. The molecule has 0 bridgehead atoms. The highest BCUT2D eigenvalue weighted by atomic mass is 16.5. The van der Waals surface area contributed by atoms with Crippen LogP contribution < -0.4 is 4.74 Å². The minimum atomic E-state index is -0.596. The van der Waals surface area contributed by atoms with E-state index in [1.54, 1.807) is 0 Å². The lowest BCUT2D eigenvalue weighted by molar-refractivity contribution is -0.123. The smallest absolute Gasteiger partial charge is 0.293 e. The fraction of sp³-hybridized carbons (Fsp3) is 0.333. The van der Waals surface area contributed by atoms with Crippen LogP contribution in [-0.4, -0.2) is 25.0 Å². The fourth-order valence-electron chi connectivity index (χ4n) is 1.60. The van der Waals surface area contributed by atoms with Gasteiger partial charge in [-0.2, -0.15) is 4.99 Å². The third-order valence-electron chi connectivity index (χ3n) is 2.28. The third-order valence-corrected chi connectivity index (χ3v) is 2.28. The summed E-state index contributed by atoms with van der Waals surface area (Å²) in [6.07, 6.45) is 0.568. The van der Waals surface area contributed by atoms with Crippen molar-refractivity contribution in [2.75, 3.05) is 6.61 Å². The Kier molecular flexibility index (Phi) is 2.90. The molecular formula is C12H13NO3. The normalized spacial score (nSPS) is 18.6. The highest BCUT2D eigenvalue weighted by Crippen LogP contribution is 2.17. The molecule has 0 aromatic heterocycles. The van der Waals surface area contributed by atoms with Gasteiger partial charge in [-0.1, -0.05) is 6.07 Å². The van der Waals surface area contributed by atoms with Crippen molar-refractivity contribution in [1.82, 2.24) is 0 Å². The Balaban J connectivity index is 1.97. The number of carbonyl (C=O) groups is 1. The van der Waals surface area contributed by atoms with Gasteiger partial charge in [0.15, 0.2) is 6.40 Å². The standard InChI is InChI=1S/C12H13NO3/c1-8-3-9(2)5-10(4-8)15-6-11-12(14)13-7-16-11/h3-5,7,11H,6H2,1-2H3. The van der Waals surface area contributed by atoms with Gasteiger partial charge in [-0.3, -0.25) is 4.79 Å². The Hall–Kier alpha value is -1.84. The molecule has 1 atom stereocenters. The molecule has 0 fully saturated rings. The minimum absolute atomic E-state index is 0.196. The topological polar surface area (TPSA) is 47.9 Å². The molecule has 1 amide bonds. The summed E-state index contributed by atoms with van der Waals surface area (Å²) < 4.78 is 10.5. The van der Waals surface area contributed by atoms with E-state index >= 15 is 0 Å². The molecule has 1 unspecified atom stereocenters. The van der Waals surface area contributed by atoms with Gasteiger partial charge in [0.25, 0.3) is 5.91 Å². The molecule has 2 rings (SSSR count). The molecule has 0 saturated heterocycles. The zero-order valence-electron chi connectivity index (χ0n) is 9.27. The van der Waals surface area contributed by atoms with Crippen molar-refractivity contribution < 1.29 is 14.3 Å². The van der Waals surface area contributed by atoms with Crippen LogP contribution >= 0.6 is 0 Å². The second-order valence-corrected chi connectivity index (χ2v) is 3.83. The second kappa shape index (κ2) is 4.35. The van der Waals surface area contributed by atoms with Gasteiger partial charge < -0.3 is 9.47 Å². The highest BCUT2D eigenvalue weighted by Gasteiger charge is 2.23. The first-order valence-corrected chi connectivity index (χ1v) is 5.08. The number of hydrogen-bond acceptors (Lipinski definition) is 3. The average molecular weight is 219 g/mol. The Morgan fingerprint density at radius 3 is 2.56 bits per heavy atom. The molecule has 16 heavy (non-hydrogen) atoms. The van der Waals surface area contributed by atoms with Crippen molar-refractivity contribution in [3.8, 4) is 5.75 Å². The zero-order valence-corrected chi connectivity index (χ0v) is 9.27. The first-order chi connectivity index (χ1) is 7.65. The van der Waals surface area contributed by atoms with Gasteiger partial charge in [0.1, 0.15) is 12.4 Å². The van der Waals surface area contributed by atoms with Crippen molar-refractivity contribution in [3.05, 3.63) is 29.3 Å². The van der Waals surface area contributed by atoms with E-state index in [0.717, 1.165) is 23.3 Å². The predicted molar refractivity (Wildman–Crippen MR) is 59.8 cm³/mol. The van der Waals surface area contributed by atoms with E-state index in [4.69, 9.17) is 9.47 Å². The highest BCUT2D eigenvalue weighted by molar-refractivity contribution is 5.91. The summed E-state index contributed by atoms with van der Waals surface area (Å²) in [5.74, 6) is 0.463. The van der Waals surface area contributed by atoms with E-state index in [2.05, 4.69) is 11.1 Å². The maximum atomic E-state index is 11.1. The van der Waals surface area contributed by atoms with Crippen LogP contribution in [-0.2, 0) is 9.53 Å². The molecule has 1 aromatic carbocycles. The monoisotopic (exact) mass is 219 g/mol. The largest absolute Gasteiger partial charge is 0.489 e. The summed E-state index contributed by atoms with van der Waals surface area (Å²) in [5, 5.41) is 0. The molecule has 0 aliphatic carbocycles. The molecule has 0 spiro atoms. The van der Waals surface area contributed by atoms with Crippen molar-refractivity contribution >= 4 is 12.3 Å². The first-order valence-electron chi connectivity index (χ1n) is 5.08. The van der Waals surface area contributed by atoms with E-state index in [1.165, 1.54) is 0 Å². The Labute approximate surface area is 93.9 Å². The van der Waals surface area contributed by atoms with E-state index in [-0.39, 0.29) is 12.5 Å². The van der Waals surface area contributed by atoms with Crippen LogP contribution in [0.5, 0.6) is 5.75 Å². The summed E-state index contributed by atoms with van der Waals surface area (Å²) in [6, 6.07) is 5.91. The van der Waals surface area contributed by atoms with E-state index < -0.39 is 6.10 Å². The van der Waals surface area contributed by atoms with Crippen molar-refractivity contribution in [2.24, 2.45) is 4.99 Å². The lowest BCUT2D eigenvalue weighted by atomic mass is 10.1. The molecule has 4 nitrogen and oxygen atoms in total. The Morgan fingerprint density at radius 1 is 1.31 bits per heavy atom. The van der Waals surface area contributed by atoms with Gasteiger partial charge in [0.05, 0.1) is 0 Å². The second-order valence-electron chi connectivity index (χ2n) is 3.83. The van der Waals surface area contributed by atoms with Crippen LogP contribution in [0.3, 0.4) is 0 Å². The number of aliphatic imine (C=N–C) groups is 1. The third kappa shape index (κ3) is 2.39. The quantitative estimate of drug-likeness (QED) is 0.776. The molecule has 0 radical (unpaired) electrons. The van der Waals surface area contributed by atoms with Gasteiger partial charge in [-0.05, 0) is 37.1 Å². The van der Waals surface area contributed by atoms with E-state index in [0.29, 0.717) is 0 Å². The van der Waals surface area contributed by atoms with Gasteiger partial charge >= 0.3 is 0 Å². The van der Waals surface area contributed by atoms with Gasteiger partial charge in [-0.15, -0.1) is 0 Å². The molecule has 84 valence electrons. The maximum Gasteiger partial charge on any atom is 0.293 e. The number of carbonyl (C=O) groups excluding carboxylic acids is 1. The van der Waals surface area contributed by atoms with Crippen LogP contribution in [0, 0.1) is 13.8 Å². The number of nitrogens with zero attached hydrogens (tertiary/aromatic N) is 1. The Morgan fingerprint density at radius 2 is 2.00 bits per heavy atom. The molecule has 4 heteroatoms. The lowest BCUT2D eigenvalue weighted by Gasteiger charge is -2.11. The number of ether oxygens (including phenoxy) is 2. The molecule has 1 aliphatic heterocycles. The number of rotatable bonds is 3. The molecule has 1 aliphatic rings. The summed E-state index contributed by atoms with van der Waals surface area (Å²) in [5.41, 5.74) is 2.26. The SMILES string of the molecule is Cc1cc(C)cc(OCC2OC=NC2=O)c1. The van der Waals surface area contributed by atoms with Crippen LogP contribution in [0.15, 0.2) is 23.2 Å². The van der Waals surface area contributed by atoms with Crippen LogP contribution in [0.1, 0.15) is 11.1 Å². The van der Waals surface area contributed by atoms with Crippen molar-refractivity contribution in [3.63, 3.8) is 0 Å². The average Bonchev–Trinajstić information content (AvgIpc) is 2.59. The van der Waals surface area contributed by atoms with Gasteiger partial charge in [-0.25, -0.2) is 0 Å². The minimum Gasteiger partial charge on any atom is -0.489 e. The summed E-state index contributed by atoms with van der Waals surface area (Å²) in [6.45, 7) is 4.20. The van der Waals surface area contributed by atoms with Crippen molar-refractivity contribution in [2.45, 2.75) is 20.0 Å². The van der Waals surface area contributed by atoms with E-state index in [9.17, 15) is 4.79 Å². The van der Waals surface area contributed by atoms with Crippen LogP contribution in [0.2, 0.25) is 0 Å². The number of aryl methyl sites for hydroxylation is 2. The molecule has 0 N–H and O–H groups in total. The van der Waals surface area contributed by atoms with Crippen LogP contribution in [0.4, 0.5) is 0 Å². The number of benzene rings is 1. The number of hydrogen-bond donors (Lipinski definition) is 0. The number of amides is 1. The summed E-state index contributed by atoms with van der Waals surface area (Å²) >= 11 is 0. The zero-order chi connectivity index (χ0) is 11.5. The first kappa shape index (κ1) is 10.7. The Bertz CT molecular complexity index is 420. The fourth-order valence-corrected chi connectivity index (χ4v) is 1.60. The molecular weight excluding hydrogens is 206 g/mol. The van der Waals surface area contributed by atoms with Gasteiger partial charge in [0, 0.05) is 0 Å². The van der Waals surface area contributed by atoms with Crippen molar-refractivity contribution in [1.29, 1.82) is 0 Å². The lowest BCUT2D eigenvalue weighted by Crippen LogP contribution is -2.24. The summed E-state index contributed by atoms with van der Waals surface area (Å²) in [4.78, 5) is 14.6. The summed E-state index contributed by atoms with van der Waals surface area (Å²) in [7, 11) is 0. The predicted octanol–water partition coefficient (Wildman–Crippen LogP) is 1.64. The molecule has 1 heterocycles.